The maximum absolute atomic E-state index is 15.0. The second-order valence-electron chi connectivity index (χ2n) is 8.86. The summed E-state index contributed by atoms with van der Waals surface area (Å²) in [5.41, 5.74) is 2.30. The maximum Gasteiger partial charge on any atom is 0.229 e. The second kappa shape index (κ2) is 9.75. The van der Waals surface area contributed by atoms with E-state index in [1.165, 1.54) is 12.3 Å². The smallest absolute Gasteiger partial charge is 0.229 e. The molecule has 5 rings (SSSR count). The van der Waals surface area contributed by atoms with E-state index >= 15 is 0 Å². The Hall–Kier alpha value is -2.55. The Balaban J connectivity index is 1.43. The van der Waals surface area contributed by atoms with Gasteiger partial charge in [-0.15, -0.1) is 0 Å². The molecule has 1 aromatic carbocycles. The topological polar surface area (TPSA) is 81.1 Å². The van der Waals surface area contributed by atoms with Gasteiger partial charge in [0.15, 0.2) is 5.82 Å². The van der Waals surface area contributed by atoms with Crippen LogP contribution < -0.4 is 10.6 Å². The third-order valence-corrected chi connectivity index (χ3v) is 6.86. The van der Waals surface area contributed by atoms with Crippen molar-refractivity contribution in [3.63, 3.8) is 0 Å². The van der Waals surface area contributed by atoms with Crippen LogP contribution in [-0.2, 0) is 16.1 Å². The molecular weight excluding hydrogens is 445 g/mol. The molecule has 174 valence electrons. The van der Waals surface area contributed by atoms with Crippen molar-refractivity contribution < 1.29 is 13.9 Å². The molecule has 0 radical (unpaired) electrons. The third-order valence-electron chi connectivity index (χ3n) is 6.56. The first-order valence-corrected chi connectivity index (χ1v) is 11.9. The van der Waals surface area contributed by atoms with Crippen LogP contribution in [0.4, 0.5) is 10.2 Å². The summed E-state index contributed by atoms with van der Waals surface area (Å²) in [5.74, 6) is 0.316. The minimum Gasteiger partial charge on any atom is -0.381 e. The number of imidazole rings is 1. The standard InChI is InChI=1S/C24H27ClFN5O2/c25-19-12-28-22(30-24(32)16-2-1-5-27-11-16)10-18(19)17-8-20(26)23-21(9-17)31(14-29-23)13-15-3-6-33-7-4-15/h8-10,12,14-16,27H,1-7,11,13H2,(H,28,30,32). The van der Waals surface area contributed by atoms with Gasteiger partial charge in [-0.2, -0.15) is 0 Å². The van der Waals surface area contributed by atoms with Gasteiger partial charge in [0.2, 0.25) is 5.91 Å². The number of carbonyl (C=O) groups excluding carboxylic acids is 1. The molecule has 4 heterocycles. The summed E-state index contributed by atoms with van der Waals surface area (Å²) in [6.07, 6.45) is 6.98. The number of piperidine rings is 1. The number of hydrogen-bond donors (Lipinski definition) is 2. The quantitative estimate of drug-likeness (QED) is 0.581. The molecule has 0 bridgehead atoms. The highest BCUT2D eigenvalue weighted by molar-refractivity contribution is 6.33. The van der Waals surface area contributed by atoms with Gasteiger partial charge < -0.3 is 19.9 Å². The molecule has 33 heavy (non-hydrogen) atoms. The molecule has 1 unspecified atom stereocenters. The largest absolute Gasteiger partial charge is 0.381 e. The molecule has 0 saturated carbocycles. The highest BCUT2D eigenvalue weighted by Gasteiger charge is 2.22. The van der Waals surface area contributed by atoms with Crippen molar-refractivity contribution in [2.45, 2.75) is 32.2 Å². The predicted molar refractivity (Wildman–Crippen MR) is 126 cm³/mol. The van der Waals surface area contributed by atoms with E-state index in [-0.39, 0.29) is 11.8 Å². The first-order chi connectivity index (χ1) is 16.1. The van der Waals surface area contributed by atoms with Crippen molar-refractivity contribution in [1.82, 2.24) is 19.9 Å². The van der Waals surface area contributed by atoms with Crippen LogP contribution in [0.3, 0.4) is 0 Å². The SMILES string of the molecule is O=C(Nc1cc(-c2cc(F)c3ncn(CC4CCOCC4)c3c2)c(Cl)cn1)C1CCCNC1. The number of nitrogens with one attached hydrogen (secondary N) is 2. The van der Waals surface area contributed by atoms with E-state index in [9.17, 15) is 9.18 Å². The number of hydrogen-bond acceptors (Lipinski definition) is 5. The number of benzene rings is 1. The minimum atomic E-state index is -0.403. The molecule has 1 atom stereocenters. The van der Waals surface area contributed by atoms with E-state index in [1.807, 2.05) is 10.6 Å². The molecule has 2 aliphatic heterocycles. The van der Waals surface area contributed by atoms with Crippen LogP contribution in [0, 0.1) is 17.7 Å². The molecule has 1 amide bonds. The number of anilines is 1. The molecule has 0 aliphatic carbocycles. The van der Waals surface area contributed by atoms with Crippen molar-refractivity contribution in [2.75, 3.05) is 31.6 Å². The van der Waals surface area contributed by atoms with Gasteiger partial charge in [-0.3, -0.25) is 4.79 Å². The summed E-state index contributed by atoms with van der Waals surface area (Å²) in [6.45, 7) is 3.88. The lowest BCUT2D eigenvalue weighted by atomic mass is 9.99. The van der Waals surface area contributed by atoms with Crippen molar-refractivity contribution in [2.24, 2.45) is 11.8 Å². The Morgan fingerprint density at radius 3 is 2.88 bits per heavy atom. The fourth-order valence-corrected chi connectivity index (χ4v) is 4.87. The molecule has 2 saturated heterocycles. The van der Waals surface area contributed by atoms with Crippen LogP contribution in [0.15, 0.2) is 30.7 Å². The van der Waals surface area contributed by atoms with Crippen molar-refractivity contribution in [3.8, 4) is 11.1 Å². The fraction of sp³-hybridized carbons (Fsp3) is 0.458. The minimum absolute atomic E-state index is 0.0702. The molecular formula is C24H27ClFN5O2. The summed E-state index contributed by atoms with van der Waals surface area (Å²) in [6, 6.07) is 5.05. The molecule has 7 nitrogen and oxygen atoms in total. The molecule has 0 spiro atoms. The van der Waals surface area contributed by atoms with Crippen LogP contribution >= 0.6 is 11.6 Å². The average molecular weight is 472 g/mol. The number of rotatable bonds is 5. The van der Waals surface area contributed by atoms with E-state index in [0.717, 1.165) is 57.5 Å². The summed E-state index contributed by atoms with van der Waals surface area (Å²) < 4.78 is 22.4. The summed E-state index contributed by atoms with van der Waals surface area (Å²) in [7, 11) is 0. The zero-order chi connectivity index (χ0) is 22.8. The van der Waals surface area contributed by atoms with Crippen LogP contribution in [0.1, 0.15) is 25.7 Å². The van der Waals surface area contributed by atoms with Gasteiger partial charge in [-0.05, 0) is 61.9 Å². The molecule has 2 fully saturated rings. The number of fused-ring (bicyclic) bond motifs is 1. The van der Waals surface area contributed by atoms with Crippen LogP contribution in [0.5, 0.6) is 0 Å². The zero-order valence-corrected chi connectivity index (χ0v) is 19.1. The summed E-state index contributed by atoms with van der Waals surface area (Å²) >= 11 is 6.44. The van der Waals surface area contributed by atoms with Gasteiger partial charge in [-0.25, -0.2) is 14.4 Å². The van der Waals surface area contributed by atoms with E-state index in [2.05, 4.69) is 20.6 Å². The number of amides is 1. The summed E-state index contributed by atoms with van der Waals surface area (Å²) in [5, 5.41) is 6.52. The third kappa shape index (κ3) is 4.88. The Bertz CT molecular complexity index is 1160. The highest BCUT2D eigenvalue weighted by Crippen LogP contribution is 2.33. The van der Waals surface area contributed by atoms with Crippen molar-refractivity contribution >= 4 is 34.4 Å². The highest BCUT2D eigenvalue weighted by atomic mass is 35.5. The van der Waals surface area contributed by atoms with E-state index in [4.69, 9.17) is 16.3 Å². The fourth-order valence-electron chi connectivity index (χ4n) is 4.66. The van der Waals surface area contributed by atoms with Crippen LogP contribution in [0.2, 0.25) is 5.02 Å². The Morgan fingerprint density at radius 2 is 2.09 bits per heavy atom. The number of pyridine rings is 1. The second-order valence-corrected chi connectivity index (χ2v) is 9.27. The van der Waals surface area contributed by atoms with Crippen molar-refractivity contribution in [1.29, 1.82) is 0 Å². The Labute approximate surface area is 196 Å². The van der Waals surface area contributed by atoms with E-state index in [1.54, 1.807) is 12.4 Å². The average Bonchev–Trinajstić information content (AvgIpc) is 3.24. The Morgan fingerprint density at radius 1 is 1.24 bits per heavy atom. The van der Waals surface area contributed by atoms with Gasteiger partial charge in [-0.1, -0.05) is 11.6 Å². The number of nitrogens with zero attached hydrogens (tertiary/aromatic N) is 3. The monoisotopic (exact) mass is 471 g/mol. The van der Waals surface area contributed by atoms with Crippen molar-refractivity contribution in [3.05, 3.63) is 41.6 Å². The number of ether oxygens (including phenoxy) is 1. The normalized spacial score (nSPS) is 19.6. The molecule has 2 N–H and O–H groups in total. The number of aromatic nitrogens is 3. The van der Waals surface area contributed by atoms with E-state index < -0.39 is 5.82 Å². The van der Waals surface area contributed by atoms with E-state index in [0.29, 0.717) is 39.9 Å². The summed E-state index contributed by atoms with van der Waals surface area (Å²) in [4.78, 5) is 21.2. The lowest BCUT2D eigenvalue weighted by molar-refractivity contribution is -0.120. The molecule has 3 aromatic rings. The van der Waals surface area contributed by atoms with Crippen LogP contribution in [-0.4, -0.2) is 46.7 Å². The zero-order valence-electron chi connectivity index (χ0n) is 18.3. The van der Waals surface area contributed by atoms with Gasteiger partial charge >= 0.3 is 0 Å². The van der Waals surface area contributed by atoms with Crippen LogP contribution in [0.25, 0.3) is 22.2 Å². The number of carbonyl (C=O) groups is 1. The maximum atomic E-state index is 15.0. The lowest BCUT2D eigenvalue weighted by Gasteiger charge is -2.22. The van der Waals surface area contributed by atoms with Gasteiger partial charge in [0, 0.05) is 38.1 Å². The predicted octanol–water partition coefficient (Wildman–Crippen LogP) is 4.26. The molecule has 9 heteroatoms. The first-order valence-electron chi connectivity index (χ1n) is 11.5. The molecule has 2 aliphatic rings. The van der Waals surface area contributed by atoms with Gasteiger partial charge in [0.25, 0.3) is 0 Å². The van der Waals surface area contributed by atoms with Gasteiger partial charge in [0.05, 0.1) is 22.8 Å². The Kier molecular flexibility index (Phi) is 6.57. The lowest BCUT2D eigenvalue weighted by Crippen LogP contribution is -2.37. The first kappa shape index (κ1) is 22.3. The van der Waals surface area contributed by atoms with Gasteiger partial charge in [0.1, 0.15) is 11.3 Å². The molecule has 2 aromatic heterocycles. The number of halogens is 2.